The minimum Gasteiger partial charge on any atom is -0.366 e. The Morgan fingerprint density at radius 3 is 2.46 bits per heavy atom. The summed E-state index contributed by atoms with van der Waals surface area (Å²) in [4.78, 5) is 15.2. The van der Waals surface area contributed by atoms with Crippen molar-refractivity contribution in [3.05, 3.63) is 29.8 Å². The van der Waals surface area contributed by atoms with E-state index >= 15 is 0 Å². The predicted molar refractivity (Wildman–Crippen MR) is 53.4 cm³/mol. The molecule has 0 radical (unpaired) electrons. The summed E-state index contributed by atoms with van der Waals surface area (Å²) < 4.78 is 0. The average molecular weight is 176 g/mol. The lowest BCUT2D eigenvalue weighted by Crippen LogP contribution is -2.10. The molecule has 0 aliphatic carbocycles. The topological polar surface area (TPSA) is 55.4 Å². The number of nitrogens with zero attached hydrogens (tertiary/aromatic N) is 1. The van der Waals surface area contributed by atoms with E-state index in [9.17, 15) is 4.79 Å². The summed E-state index contributed by atoms with van der Waals surface area (Å²) in [5.41, 5.74) is 7.18. The molecule has 2 N–H and O–H groups in total. The normalized spacial score (nSPS) is 9.38. The van der Waals surface area contributed by atoms with Gasteiger partial charge in [0.2, 0.25) is 0 Å². The summed E-state index contributed by atoms with van der Waals surface area (Å²) in [6.07, 6.45) is 0. The number of amides is 1. The van der Waals surface area contributed by atoms with Crippen LogP contribution in [0.1, 0.15) is 24.2 Å². The van der Waals surface area contributed by atoms with Crippen LogP contribution in [0.15, 0.2) is 29.3 Å². The van der Waals surface area contributed by atoms with Crippen LogP contribution in [-0.2, 0) is 0 Å². The van der Waals surface area contributed by atoms with Gasteiger partial charge in [-0.25, -0.2) is 0 Å². The maximum Gasteiger partial charge on any atom is 0.250 e. The summed E-state index contributed by atoms with van der Waals surface area (Å²) in [6.45, 7) is 3.75. The molecule has 68 valence electrons. The lowest BCUT2D eigenvalue weighted by atomic mass is 10.1. The SMILES string of the molecule is CC(C)=Nc1ccccc1C(N)=O. The Balaban J connectivity index is 3.20. The summed E-state index contributed by atoms with van der Waals surface area (Å²) in [5.74, 6) is -0.444. The molecule has 0 bridgehead atoms. The Hall–Kier alpha value is -1.64. The van der Waals surface area contributed by atoms with Gasteiger partial charge in [-0.05, 0) is 26.0 Å². The van der Waals surface area contributed by atoms with E-state index in [0.717, 1.165) is 5.71 Å². The van der Waals surface area contributed by atoms with Crippen LogP contribution in [0.3, 0.4) is 0 Å². The maximum absolute atomic E-state index is 11.0. The van der Waals surface area contributed by atoms with E-state index in [4.69, 9.17) is 5.73 Å². The molecule has 0 spiro atoms. The maximum atomic E-state index is 11.0. The number of carbonyl (C=O) groups is 1. The zero-order valence-electron chi connectivity index (χ0n) is 7.74. The second kappa shape index (κ2) is 3.85. The number of hydrogen-bond acceptors (Lipinski definition) is 2. The second-order valence-electron chi connectivity index (χ2n) is 2.94. The number of hydrogen-bond donors (Lipinski definition) is 1. The number of carbonyl (C=O) groups excluding carboxylic acids is 1. The lowest BCUT2D eigenvalue weighted by molar-refractivity contribution is 0.100. The van der Waals surface area contributed by atoms with Crippen LogP contribution in [0.5, 0.6) is 0 Å². The standard InChI is InChI=1S/C10H12N2O/c1-7(2)12-9-6-4-3-5-8(9)10(11)13/h3-6H,1-2H3,(H2,11,13). The van der Waals surface area contributed by atoms with E-state index in [2.05, 4.69) is 4.99 Å². The van der Waals surface area contributed by atoms with E-state index < -0.39 is 5.91 Å². The highest BCUT2D eigenvalue weighted by Gasteiger charge is 2.04. The zero-order valence-corrected chi connectivity index (χ0v) is 7.74. The van der Waals surface area contributed by atoms with Crippen molar-refractivity contribution >= 4 is 17.3 Å². The molecule has 1 amide bonds. The van der Waals surface area contributed by atoms with E-state index in [1.807, 2.05) is 19.9 Å². The summed E-state index contributed by atoms with van der Waals surface area (Å²) >= 11 is 0. The predicted octanol–water partition coefficient (Wildman–Crippen LogP) is 1.90. The van der Waals surface area contributed by atoms with Gasteiger partial charge >= 0.3 is 0 Å². The van der Waals surface area contributed by atoms with Gasteiger partial charge in [0, 0.05) is 5.71 Å². The molecule has 0 aliphatic rings. The molecule has 3 nitrogen and oxygen atoms in total. The molecule has 1 rings (SSSR count). The smallest absolute Gasteiger partial charge is 0.250 e. The number of para-hydroxylation sites is 1. The largest absolute Gasteiger partial charge is 0.366 e. The minimum absolute atomic E-state index is 0.444. The first-order chi connectivity index (χ1) is 6.11. The van der Waals surface area contributed by atoms with Crippen LogP contribution in [0, 0.1) is 0 Å². The highest BCUT2D eigenvalue weighted by Crippen LogP contribution is 2.17. The zero-order chi connectivity index (χ0) is 9.84. The molecule has 0 atom stereocenters. The lowest BCUT2D eigenvalue weighted by Gasteiger charge is -2.00. The number of rotatable bonds is 2. The third-order valence-electron chi connectivity index (χ3n) is 1.51. The van der Waals surface area contributed by atoms with Gasteiger partial charge in [-0.1, -0.05) is 12.1 Å². The molecule has 0 saturated heterocycles. The van der Waals surface area contributed by atoms with Crippen LogP contribution in [0.2, 0.25) is 0 Å². The second-order valence-corrected chi connectivity index (χ2v) is 2.94. The molecule has 0 unspecified atom stereocenters. The molecule has 1 aromatic carbocycles. The van der Waals surface area contributed by atoms with Gasteiger partial charge in [-0.2, -0.15) is 0 Å². The molecule has 0 heterocycles. The fourth-order valence-corrected chi connectivity index (χ4v) is 1.02. The van der Waals surface area contributed by atoms with Crippen LogP contribution >= 0.6 is 0 Å². The van der Waals surface area contributed by atoms with E-state index in [-0.39, 0.29) is 0 Å². The first-order valence-corrected chi connectivity index (χ1v) is 4.02. The molecule has 0 aromatic heterocycles. The van der Waals surface area contributed by atoms with E-state index in [1.165, 1.54) is 0 Å². The van der Waals surface area contributed by atoms with Gasteiger partial charge in [-0.15, -0.1) is 0 Å². The Bertz CT molecular complexity index is 352. The third kappa shape index (κ3) is 2.40. The van der Waals surface area contributed by atoms with Crippen molar-refractivity contribution in [1.82, 2.24) is 0 Å². The molecule has 1 aromatic rings. The first kappa shape index (κ1) is 9.45. The van der Waals surface area contributed by atoms with Crippen LogP contribution < -0.4 is 5.73 Å². The van der Waals surface area contributed by atoms with Crippen molar-refractivity contribution in [2.45, 2.75) is 13.8 Å². The van der Waals surface area contributed by atoms with Gasteiger partial charge in [-0.3, -0.25) is 9.79 Å². The average Bonchev–Trinajstić information content (AvgIpc) is 2.03. The molecule has 13 heavy (non-hydrogen) atoms. The highest BCUT2D eigenvalue weighted by atomic mass is 16.1. The van der Waals surface area contributed by atoms with E-state index in [1.54, 1.807) is 18.2 Å². The fourth-order valence-electron chi connectivity index (χ4n) is 1.02. The molecule has 0 saturated carbocycles. The highest BCUT2D eigenvalue weighted by molar-refractivity contribution is 5.99. The quantitative estimate of drug-likeness (QED) is 0.687. The Morgan fingerprint density at radius 2 is 1.92 bits per heavy atom. The molecule has 0 aliphatic heterocycles. The molecular weight excluding hydrogens is 164 g/mol. The van der Waals surface area contributed by atoms with Gasteiger partial charge < -0.3 is 5.73 Å². The Labute approximate surface area is 77.3 Å². The number of nitrogens with two attached hydrogens (primary N) is 1. The minimum atomic E-state index is -0.444. The van der Waals surface area contributed by atoms with Crippen molar-refractivity contribution < 1.29 is 4.79 Å². The first-order valence-electron chi connectivity index (χ1n) is 4.02. The summed E-state index contributed by atoms with van der Waals surface area (Å²) in [7, 11) is 0. The van der Waals surface area contributed by atoms with Crippen molar-refractivity contribution in [3.8, 4) is 0 Å². The third-order valence-corrected chi connectivity index (χ3v) is 1.51. The van der Waals surface area contributed by atoms with Gasteiger partial charge in [0.25, 0.3) is 5.91 Å². The summed E-state index contributed by atoms with van der Waals surface area (Å²) in [6, 6.07) is 7.04. The Morgan fingerprint density at radius 1 is 1.31 bits per heavy atom. The fraction of sp³-hybridized carbons (Fsp3) is 0.200. The number of benzene rings is 1. The molecule has 0 fully saturated rings. The molecular formula is C10H12N2O. The van der Waals surface area contributed by atoms with Crippen LogP contribution in [0.25, 0.3) is 0 Å². The van der Waals surface area contributed by atoms with Gasteiger partial charge in [0.1, 0.15) is 0 Å². The van der Waals surface area contributed by atoms with Crippen molar-refractivity contribution in [3.63, 3.8) is 0 Å². The van der Waals surface area contributed by atoms with Gasteiger partial charge in [0.05, 0.1) is 11.3 Å². The molecule has 3 heteroatoms. The number of aliphatic imine (C=N–C) groups is 1. The van der Waals surface area contributed by atoms with E-state index in [0.29, 0.717) is 11.3 Å². The number of primary amides is 1. The van der Waals surface area contributed by atoms with Crippen LogP contribution in [0.4, 0.5) is 5.69 Å². The Kier molecular flexibility index (Phi) is 2.80. The van der Waals surface area contributed by atoms with Crippen molar-refractivity contribution in [2.75, 3.05) is 0 Å². The van der Waals surface area contributed by atoms with Gasteiger partial charge in [0.15, 0.2) is 0 Å². The van der Waals surface area contributed by atoms with Crippen molar-refractivity contribution in [1.29, 1.82) is 0 Å². The van der Waals surface area contributed by atoms with Crippen molar-refractivity contribution in [2.24, 2.45) is 10.7 Å². The summed E-state index contributed by atoms with van der Waals surface area (Å²) in [5, 5.41) is 0. The van der Waals surface area contributed by atoms with Crippen LogP contribution in [-0.4, -0.2) is 11.6 Å². The monoisotopic (exact) mass is 176 g/mol.